The van der Waals surface area contributed by atoms with Crippen LogP contribution in [0.25, 0.3) is 0 Å². The highest BCUT2D eigenvalue weighted by Crippen LogP contribution is 2.30. The Labute approximate surface area is 125 Å². The van der Waals surface area contributed by atoms with E-state index in [0.717, 1.165) is 29.9 Å². The summed E-state index contributed by atoms with van der Waals surface area (Å²) in [6.45, 7) is 4.93. The van der Waals surface area contributed by atoms with Crippen molar-refractivity contribution in [3.63, 3.8) is 0 Å². The van der Waals surface area contributed by atoms with Crippen LogP contribution in [0.1, 0.15) is 29.9 Å². The average Bonchev–Trinajstić information content (AvgIpc) is 2.86. The number of nitrogens with zero attached hydrogens (tertiary/aromatic N) is 2. The Bertz CT molecular complexity index is 608. The highest BCUT2D eigenvalue weighted by atomic mass is 16.5. The predicted octanol–water partition coefficient (Wildman–Crippen LogP) is 2.47. The van der Waals surface area contributed by atoms with E-state index in [1.807, 2.05) is 29.8 Å². The monoisotopic (exact) mass is 289 g/mol. The molecule has 1 aromatic heterocycles. The van der Waals surface area contributed by atoms with Gasteiger partial charge in [-0.3, -0.25) is 4.68 Å². The average molecular weight is 289 g/mol. The lowest BCUT2D eigenvalue weighted by molar-refractivity contribution is 0.354. The fraction of sp³-hybridized carbons (Fsp3) is 0.438. The zero-order chi connectivity index (χ0) is 15.4. The van der Waals surface area contributed by atoms with Gasteiger partial charge in [-0.05, 0) is 37.6 Å². The van der Waals surface area contributed by atoms with E-state index in [4.69, 9.17) is 15.2 Å². The normalized spacial score (nSPS) is 12.2. The molecule has 1 atom stereocenters. The molecule has 0 aliphatic heterocycles. The molecule has 0 aliphatic rings. The second kappa shape index (κ2) is 6.63. The minimum absolute atomic E-state index is 0.105. The largest absolute Gasteiger partial charge is 0.493 e. The first-order chi connectivity index (χ1) is 10.1. The van der Waals surface area contributed by atoms with Crippen molar-refractivity contribution in [1.29, 1.82) is 0 Å². The molecule has 5 nitrogen and oxygen atoms in total. The second-order valence-corrected chi connectivity index (χ2v) is 5.02. The molecule has 114 valence electrons. The van der Waals surface area contributed by atoms with Gasteiger partial charge in [-0.15, -0.1) is 0 Å². The molecule has 0 radical (unpaired) electrons. The van der Waals surface area contributed by atoms with Gasteiger partial charge in [0.25, 0.3) is 0 Å². The third-order valence-electron chi connectivity index (χ3n) is 3.55. The van der Waals surface area contributed by atoms with Crippen molar-refractivity contribution in [3.8, 4) is 11.5 Å². The van der Waals surface area contributed by atoms with Crippen molar-refractivity contribution >= 4 is 0 Å². The number of hydrogen-bond donors (Lipinski definition) is 1. The Morgan fingerprint density at radius 1 is 1.19 bits per heavy atom. The Morgan fingerprint density at radius 3 is 2.52 bits per heavy atom. The molecule has 2 rings (SSSR count). The van der Waals surface area contributed by atoms with Crippen molar-refractivity contribution in [2.24, 2.45) is 5.73 Å². The quantitative estimate of drug-likeness (QED) is 0.887. The van der Waals surface area contributed by atoms with Crippen molar-refractivity contribution in [3.05, 3.63) is 41.2 Å². The maximum atomic E-state index is 6.34. The molecular weight excluding hydrogens is 266 g/mol. The van der Waals surface area contributed by atoms with Gasteiger partial charge in [0.15, 0.2) is 11.5 Å². The van der Waals surface area contributed by atoms with Crippen molar-refractivity contribution in [2.75, 3.05) is 14.2 Å². The van der Waals surface area contributed by atoms with Crippen LogP contribution in [0.15, 0.2) is 24.3 Å². The minimum Gasteiger partial charge on any atom is -0.493 e. The summed E-state index contributed by atoms with van der Waals surface area (Å²) in [6.07, 6.45) is 0.740. The van der Waals surface area contributed by atoms with Crippen LogP contribution in [0, 0.1) is 6.92 Å². The summed E-state index contributed by atoms with van der Waals surface area (Å²) in [6, 6.07) is 7.78. The summed E-state index contributed by atoms with van der Waals surface area (Å²) in [5, 5.41) is 4.45. The zero-order valence-corrected chi connectivity index (χ0v) is 13.1. The maximum Gasteiger partial charge on any atom is 0.161 e. The lowest BCUT2D eigenvalue weighted by Gasteiger charge is -2.15. The molecule has 1 unspecified atom stereocenters. The van der Waals surface area contributed by atoms with Crippen LogP contribution in [-0.4, -0.2) is 24.0 Å². The van der Waals surface area contributed by atoms with Gasteiger partial charge in [0, 0.05) is 24.7 Å². The summed E-state index contributed by atoms with van der Waals surface area (Å²) < 4.78 is 12.6. The number of aromatic nitrogens is 2. The van der Waals surface area contributed by atoms with E-state index in [9.17, 15) is 0 Å². The fourth-order valence-corrected chi connectivity index (χ4v) is 2.46. The van der Waals surface area contributed by atoms with Crippen LogP contribution in [0.3, 0.4) is 0 Å². The van der Waals surface area contributed by atoms with Gasteiger partial charge < -0.3 is 15.2 Å². The molecule has 0 aliphatic carbocycles. The van der Waals surface area contributed by atoms with Gasteiger partial charge >= 0.3 is 0 Å². The first-order valence-corrected chi connectivity index (χ1v) is 7.09. The number of nitrogens with two attached hydrogens (primary N) is 1. The Balaban J connectivity index is 2.21. The van der Waals surface area contributed by atoms with Gasteiger partial charge in [0.2, 0.25) is 0 Å². The predicted molar refractivity (Wildman–Crippen MR) is 82.8 cm³/mol. The molecule has 0 bridgehead atoms. The van der Waals surface area contributed by atoms with Crippen LogP contribution in [0.4, 0.5) is 0 Å². The fourth-order valence-electron chi connectivity index (χ4n) is 2.46. The van der Waals surface area contributed by atoms with Crippen molar-refractivity contribution in [2.45, 2.75) is 32.9 Å². The Kier molecular flexibility index (Phi) is 4.85. The molecule has 2 N–H and O–H groups in total. The SMILES string of the molecule is CCn1nc(C)cc1CC(N)c1ccc(OC)c(OC)c1. The first kappa shape index (κ1) is 15.4. The van der Waals surface area contributed by atoms with E-state index < -0.39 is 0 Å². The molecule has 1 aromatic carbocycles. The van der Waals surface area contributed by atoms with E-state index in [2.05, 4.69) is 18.1 Å². The van der Waals surface area contributed by atoms with E-state index in [0.29, 0.717) is 11.5 Å². The van der Waals surface area contributed by atoms with E-state index >= 15 is 0 Å². The van der Waals surface area contributed by atoms with Crippen LogP contribution < -0.4 is 15.2 Å². The van der Waals surface area contributed by atoms with Gasteiger partial charge in [-0.2, -0.15) is 5.10 Å². The number of ether oxygens (including phenoxy) is 2. The summed E-state index contributed by atoms with van der Waals surface area (Å²) in [7, 11) is 3.25. The maximum absolute atomic E-state index is 6.34. The molecule has 0 saturated carbocycles. The number of hydrogen-bond acceptors (Lipinski definition) is 4. The van der Waals surface area contributed by atoms with Gasteiger partial charge in [-0.25, -0.2) is 0 Å². The van der Waals surface area contributed by atoms with Crippen molar-refractivity contribution < 1.29 is 9.47 Å². The number of aryl methyl sites for hydroxylation is 2. The smallest absolute Gasteiger partial charge is 0.161 e. The lowest BCUT2D eigenvalue weighted by atomic mass is 10.0. The molecule has 0 spiro atoms. The van der Waals surface area contributed by atoms with Gasteiger partial charge in [0.1, 0.15) is 0 Å². The van der Waals surface area contributed by atoms with E-state index in [-0.39, 0.29) is 6.04 Å². The molecule has 0 amide bonds. The molecule has 1 heterocycles. The summed E-state index contributed by atoms with van der Waals surface area (Å²) in [4.78, 5) is 0. The first-order valence-electron chi connectivity index (χ1n) is 7.09. The van der Waals surface area contributed by atoms with Crippen LogP contribution in [0.5, 0.6) is 11.5 Å². The van der Waals surface area contributed by atoms with Crippen LogP contribution >= 0.6 is 0 Å². The highest BCUT2D eigenvalue weighted by Gasteiger charge is 2.14. The second-order valence-electron chi connectivity index (χ2n) is 5.02. The summed E-state index contributed by atoms with van der Waals surface area (Å²) in [5.74, 6) is 1.41. The molecule has 2 aromatic rings. The molecule has 0 saturated heterocycles. The number of benzene rings is 1. The Hall–Kier alpha value is -2.01. The Morgan fingerprint density at radius 2 is 1.90 bits per heavy atom. The van der Waals surface area contributed by atoms with Crippen LogP contribution in [0.2, 0.25) is 0 Å². The summed E-state index contributed by atoms with van der Waals surface area (Å²) >= 11 is 0. The third-order valence-corrected chi connectivity index (χ3v) is 3.55. The van der Waals surface area contributed by atoms with E-state index in [1.165, 1.54) is 0 Å². The number of rotatable bonds is 6. The molecule has 5 heteroatoms. The topological polar surface area (TPSA) is 62.3 Å². The van der Waals surface area contributed by atoms with Crippen LogP contribution in [-0.2, 0) is 13.0 Å². The highest BCUT2D eigenvalue weighted by molar-refractivity contribution is 5.44. The zero-order valence-electron chi connectivity index (χ0n) is 13.1. The standard InChI is InChI=1S/C16H23N3O2/c1-5-19-13(8-11(2)18-19)10-14(17)12-6-7-15(20-3)16(9-12)21-4/h6-9,14H,5,10,17H2,1-4H3. The third kappa shape index (κ3) is 3.36. The van der Waals surface area contributed by atoms with Gasteiger partial charge in [0.05, 0.1) is 19.9 Å². The lowest BCUT2D eigenvalue weighted by Crippen LogP contribution is -2.16. The van der Waals surface area contributed by atoms with Gasteiger partial charge in [-0.1, -0.05) is 6.07 Å². The minimum atomic E-state index is -0.105. The van der Waals surface area contributed by atoms with Crippen molar-refractivity contribution in [1.82, 2.24) is 9.78 Å². The summed E-state index contributed by atoms with van der Waals surface area (Å²) in [5.41, 5.74) is 9.53. The van der Waals surface area contributed by atoms with E-state index in [1.54, 1.807) is 14.2 Å². The molecule has 21 heavy (non-hydrogen) atoms. The molecule has 0 fully saturated rings. The molecular formula is C16H23N3O2. The number of methoxy groups -OCH3 is 2.